The summed E-state index contributed by atoms with van der Waals surface area (Å²) in [5, 5.41) is 61.6. The lowest BCUT2D eigenvalue weighted by Crippen LogP contribution is -2.31. The minimum Gasteiger partial charge on any atom is -0.505 e. The van der Waals surface area contributed by atoms with Crippen LogP contribution in [0.2, 0.25) is 0 Å². The number of fused-ring (bicyclic) bond motifs is 2. The standard InChI is InChI=1S/C48H45N3O5/c1-4-13-32(14-5-2)29-48(30-49,37-16-7-6-8-17-37)40-25-23-35(28-39(40)38-18-10-11-19-41(38)50)34-24-26-43-36(27-34)22-21-33-15-9-12-20-42(33)51(43)44(47(55)56)46(54)45(53)31(3)52/h4-8,10-11,13-28,30,49,52-56H,1,3,9,12,29,50H2,2H3/b14-5-,32-13+,46-45-,49-30?. The monoisotopic (exact) mass is 743 g/mol. The Morgan fingerprint density at radius 3 is 2.21 bits per heavy atom. The maximum atomic E-state index is 11.1. The van der Waals surface area contributed by atoms with Gasteiger partial charge in [0.25, 0.3) is 0 Å². The first-order valence-electron chi connectivity index (χ1n) is 18.2. The molecule has 0 fully saturated rings. The number of aliphatic hydroxyl groups is 5. The van der Waals surface area contributed by atoms with Crippen LogP contribution in [0.15, 0.2) is 192 Å². The fourth-order valence-electron chi connectivity index (χ4n) is 7.48. The molecule has 0 spiro atoms. The third kappa shape index (κ3) is 7.32. The maximum absolute atomic E-state index is 11.1. The lowest BCUT2D eigenvalue weighted by atomic mass is 9.68. The van der Waals surface area contributed by atoms with Crippen molar-refractivity contribution in [2.24, 2.45) is 0 Å². The third-order valence-corrected chi connectivity index (χ3v) is 10.1. The van der Waals surface area contributed by atoms with Crippen LogP contribution in [-0.4, -0.2) is 31.7 Å². The van der Waals surface area contributed by atoms with Gasteiger partial charge in [0, 0.05) is 23.2 Å². The molecule has 0 saturated heterocycles. The molecule has 0 aromatic heterocycles. The highest BCUT2D eigenvalue weighted by Crippen LogP contribution is 2.46. The van der Waals surface area contributed by atoms with Crippen LogP contribution in [0.3, 0.4) is 0 Å². The number of rotatable bonds is 12. The molecule has 6 rings (SSSR count). The maximum Gasteiger partial charge on any atom is 0.303 e. The Bertz CT molecular complexity index is 2430. The SMILES string of the molecule is C=C/C=C(\C=C/C)CC(C=N)(c1ccccc1)c1ccc(-c2ccc3c(c2)C=CC2=CCCC=C2N3C(=C(O)O)/C(O)=C(/O)C(=C)O)cc1-c1ccccc1N. The molecule has 4 aromatic rings. The fourth-order valence-corrected chi connectivity index (χ4v) is 7.48. The van der Waals surface area contributed by atoms with Crippen LogP contribution in [-0.2, 0) is 5.41 Å². The number of nitrogens with one attached hydrogen (secondary N) is 1. The van der Waals surface area contributed by atoms with Crippen LogP contribution in [0.5, 0.6) is 0 Å². The number of benzene rings is 4. The quantitative estimate of drug-likeness (QED) is 0.0330. The van der Waals surface area contributed by atoms with Crippen molar-refractivity contribution in [1.82, 2.24) is 0 Å². The summed E-state index contributed by atoms with van der Waals surface area (Å²) in [5.41, 5.74) is 14.5. The van der Waals surface area contributed by atoms with Crippen molar-refractivity contribution < 1.29 is 25.5 Å². The summed E-state index contributed by atoms with van der Waals surface area (Å²) in [4.78, 5) is 1.45. The number of nitrogens with zero attached hydrogens (tertiary/aromatic N) is 1. The summed E-state index contributed by atoms with van der Waals surface area (Å²) >= 11 is 0. The van der Waals surface area contributed by atoms with Gasteiger partial charge >= 0.3 is 5.95 Å². The highest BCUT2D eigenvalue weighted by atomic mass is 16.5. The van der Waals surface area contributed by atoms with Gasteiger partial charge in [-0.05, 0) is 95.0 Å². The third-order valence-electron chi connectivity index (χ3n) is 10.1. The number of allylic oxidation sites excluding steroid dienone is 8. The summed E-state index contributed by atoms with van der Waals surface area (Å²) in [7, 11) is 0. The van der Waals surface area contributed by atoms with Crippen LogP contribution in [0.4, 0.5) is 11.4 Å². The van der Waals surface area contributed by atoms with Gasteiger partial charge in [0.15, 0.2) is 17.2 Å². The fraction of sp³-hybridized carbons (Fsp3) is 0.104. The van der Waals surface area contributed by atoms with E-state index in [0.717, 1.165) is 50.9 Å². The van der Waals surface area contributed by atoms with E-state index in [1.807, 2.05) is 122 Å². The number of hydrogen-bond acceptors (Lipinski definition) is 8. The zero-order valence-electron chi connectivity index (χ0n) is 31.2. The number of para-hydroxylation sites is 1. The number of hydrogen-bond donors (Lipinski definition) is 7. The highest BCUT2D eigenvalue weighted by molar-refractivity contribution is 5.90. The number of nitrogen functional groups attached to an aromatic ring is 1. The van der Waals surface area contributed by atoms with Crippen molar-refractivity contribution in [3.05, 3.63) is 209 Å². The smallest absolute Gasteiger partial charge is 0.303 e. The molecule has 282 valence electrons. The lowest BCUT2D eigenvalue weighted by Gasteiger charge is -2.34. The molecule has 4 aromatic carbocycles. The molecule has 8 nitrogen and oxygen atoms in total. The highest BCUT2D eigenvalue weighted by Gasteiger charge is 2.36. The first-order chi connectivity index (χ1) is 27.0. The van der Waals surface area contributed by atoms with Crippen molar-refractivity contribution >= 4 is 23.7 Å². The van der Waals surface area contributed by atoms with Gasteiger partial charge in [-0.2, -0.15) is 0 Å². The second-order valence-corrected chi connectivity index (χ2v) is 13.6. The predicted octanol–water partition coefficient (Wildman–Crippen LogP) is 11.7. The molecule has 0 saturated carbocycles. The van der Waals surface area contributed by atoms with Gasteiger partial charge in [0.05, 0.1) is 11.1 Å². The van der Waals surface area contributed by atoms with E-state index in [0.29, 0.717) is 35.5 Å². The molecule has 0 radical (unpaired) electrons. The molecule has 1 atom stereocenters. The Morgan fingerprint density at radius 1 is 0.839 bits per heavy atom. The summed E-state index contributed by atoms with van der Waals surface area (Å²) in [5.74, 6) is -4.08. The molecule has 1 unspecified atom stereocenters. The Balaban J connectivity index is 1.60. The van der Waals surface area contributed by atoms with Gasteiger partial charge in [-0.1, -0.05) is 128 Å². The predicted molar refractivity (Wildman–Crippen MR) is 229 cm³/mol. The molecule has 1 aliphatic heterocycles. The van der Waals surface area contributed by atoms with Gasteiger partial charge in [-0.3, -0.25) is 0 Å². The zero-order chi connectivity index (χ0) is 40.0. The molecule has 2 aliphatic rings. The summed E-state index contributed by atoms with van der Waals surface area (Å²) < 4.78 is 0. The first kappa shape index (κ1) is 38.5. The lowest BCUT2D eigenvalue weighted by molar-refractivity contribution is 0.179. The number of anilines is 2. The summed E-state index contributed by atoms with van der Waals surface area (Å²) in [6.07, 6.45) is 18.9. The molecule has 1 heterocycles. The Morgan fingerprint density at radius 2 is 1.54 bits per heavy atom. The van der Waals surface area contributed by atoms with E-state index in [1.54, 1.807) is 12.1 Å². The Kier molecular flexibility index (Phi) is 11.3. The second-order valence-electron chi connectivity index (χ2n) is 13.6. The van der Waals surface area contributed by atoms with Crippen LogP contribution in [0, 0.1) is 5.41 Å². The minimum atomic E-state index is -1.27. The van der Waals surface area contributed by atoms with E-state index in [1.165, 1.54) is 11.1 Å². The first-order valence-corrected chi connectivity index (χ1v) is 18.2. The average Bonchev–Trinajstić information content (AvgIpc) is 3.36. The van der Waals surface area contributed by atoms with Crippen molar-refractivity contribution in [3.8, 4) is 22.3 Å². The van der Waals surface area contributed by atoms with E-state index in [2.05, 4.69) is 25.3 Å². The van der Waals surface area contributed by atoms with Gasteiger partial charge in [0.1, 0.15) is 0 Å². The minimum absolute atomic E-state index is 0.474. The van der Waals surface area contributed by atoms with Crippen molar-refractivity contribution in [2.75, 3.05) is 10.6 Å². The van der Waals surface area contributed by atoms with Gasteiger partial charge in [-0.25, -0.2) is 0 Å². The van der Waals surface area contributed by atoms with Crippen LogP contribution in [0.1, 0.15) is 42.9 Å². The van der Waals surface area contributed by atoms with E-state index in [9.17, 15) is 25.5 Å². The van der Waals surface area contributed by atoms with Gasteiger partial charge in [-0.15, -0.1) is 0 Å². The van der Waals surface area contributed by atoms with E-state index < -0.39 is 34.3 Å². The normalized spacial score (nSPS) is 15.3. The molecule has 8 heteroatoms. The largest absolute Gasteiger partial charge is 0.505 e. The molecule has 0 amide bonds. The topological polar surface area (TPSA) is 154 Å². The number of nitrogens with two attached hydrogens (primary N) is 1. The molecular formula is C48H45N3O5. The summed E-state index contributed by atoms with van der Waals surface area (Å²) in [6, 6.07) is 29.5. The van der Waals surface area contributed by atoms with E-state index in [-0.39, 0.29) is 0 Å². The molecule has 8 N–H and O–H groups in total. The van der Waals surface area contributed by atoms with Gasteiger partial charge in [0.2, 0.25) is 5.76 Å². The average molecular weight is 744 g/mol. The molecular weight excluding hydrogens is 699 g/mol. The van der Waals surface area contributed by atoms with Crippen molar-refractivity contribution in [1.29, 1.82) is 5.41 Å². The van der Waals surface area contributed by atoms with Crippen molar-refractivity contribution in [2.45, 2.75) is 31.6 Å². The molecule has 0 bridgehead atoms. The van der Waals surface area contributed by atoms with Crippen LogP contribution >= 0.6 is 0 Å². The second kappa shape index (κ2) is 16.4. The Hall–Kier alpha value is -7.19. The van der Waals surface area contributed by atoms with Crippen LogP contribution < -0.4 is 10.6 Å². The summed E-state index contributed by atoms with van der Waals surface area (Å²) in [6.45, 7) is 9.19. The zero-order valence-corrected chi connectivity index (χ0v) is 31.2. The van der Waals surface area contributed by atoms with E-state index in [4.69, 9.17) is 11.1 Å². The molecule has 56 heavy (non-hydrogen) atoms. The van der Waals surface area contributed by atoms with E-state index >= 15 is 0 Å². The Labute approximate surface area is 327 Å². The number of aliphatic hydroxyl groups excluding tert-OH is 4. The van der Waals surface area contributed by atoms with Gasteiger partial charge < -0.3 is 41.6 Å². The van der Waals surface area contributed by atoms with Crippen molar-refractivity contribution in [3.63, 3.8) is 0 Å². The molecule has 1 aliphatic carbocycles. The van der Waals surface area contributed by atoms with Crippen LogP contribution in [0.25, 0.3) is 28.3 Å².